The van der Waals surface area contributed by atoms with Gasteiger partial charge in [0, 0.05) is 38.9 Å². The van der Waals surface area contributed by atoms with Crippen LogP contribution in [0.3, 0.4) is 0 Å². The van der Waals surface area contributed by atoms with E-state index in [1.165, 1.54) is 90.3 Å². The van der Waals surface area contributed by atoms with Crippen LogP contribution in [0, 0.1) is 0 Å². The molecule has 2 rings (SSSR count). The van der Waals surface area contributed by atoms with Gasteiger partial charge >= 0.3 is 0 Å². The summed E-state index contributed by atoms with van der Waals surface area (Å²) >= 11 is 11.9. The lowest BCUT2D eigenvalue weighted by Crippen LogP contribution is -2.44. The second kappa shape index (κ2) is 15.0. The molecule has 0 atom stereocenters. The van der Waals surface area contributed by atoms with Crippen LogP contribution in [0.25, 0.3) is 0 Å². The molecule has 5 nitrogen and oxygen atoms in total. The minimum absolute atomic E-state index is 0.166. The quantitative estimate of drug-likeness (QED) is 0.306. The smallest absolute Gasteiger partial charge is 0.252 e. The van der Waals surface area contributed by atoms with Gasteiger partial charge in [-0.15, -0.1) is 0 Å². The molecule has 1 N–H and O–H groups in total. The summed E-state index contributed by atoms with van der Waals surface area (Å²) in [5.41, 5.74) is 0.389. The van der Waals surface area contributed by atoms with E-state index in [1.807, 2.05) is 0 Å². The fraction of sp³-hybridized carbons (Fsp3) is 0.739. The highest BCUT2D eigenvalue weighted by Crippen LogP contribution is 2.23. The highest BCUT2D eigenvalue weighted by molar-refractivity contribution is 6.43. The van der Waals surface area contributed by atoms with E-state index in [2.05, 4.69) is 27.1 Å². The number of rotatable bonds is 14. The molecule has 0 radical (unpaired) electrons. The number of nitrogens with one attached hydrogen (secondary N) is 1. The van der Waals surface area contributed by atoms with Gasteiger partial charge in [-0.3, -0.25) is 4.79 Å². The number of unbranched alkanes of at least 4 members (excludes halogenated alkanes) is 9. The van der Waals surface area contributed by atoms with Crippen molar-refractivity contribution in [3.05, 3.63) is 28.0 Å². The molecule has 0 spiro atoms. The normalized spacial score (nSPS) is 15.4. The summed E-state index contributed by atoms with van der Waals surface area (Å²) in [6, 6.07) is 1.59. The average Bonchev–Trinajstić information content (AvgIpc) is 2.74. The second-order valence-electron chi connectivity index (χ2n) is 8.40. The summed E-state index contributed by atoms with van der Waals surface area (Å²) in [5, 5.41) is 3.29. The standard InChI is InChI=1S/C23H38Cl2N4O/c1-28-16-18-29(19-17-28)15-11-9-7-5-3-2-4-6-8-10-13-27-23(30)20-12-14-26-22(25)21(20)24/h12,14H,2-11,13,15-19H2,1H3,(H,27,30). The van der Waals surface area contributed by atoms with Gasteiger partial charge in [0.1, 0.15) is 5.15 Å². The highest BCUT2D eigenvalue weighted by atomic mass is 35.5. The summed E-state index contributed by atoms with van der Waals surface area (Å²) in [4.78, 5) is 21.0. The number of nitrogens with zero attached hydrogens (tertiary/aromatic N) is 3. The number of likely N-dealkylation sites (N-methyl/N-ethyl adjacent to an activating group) is 1. The Labute approximate surface area is 192 Å². The van der Waals surface area contributed by atoms with Crippen molar-refractivity contribution in [2.75, 3.05) is 46.3 Å². The topological polar surface area (TPSA) is 48.5 Å². The number of hydrogen-bond donors (Lipinski definition) is 1. The van der Waals surface area contributed by atoms with Crippen LogP contribution in [-0.4, -0.2) is 67.0 Å². The number of piperazine rings is 1. The first-order valence-electron chi connectivity index (χ1n) is 11.6. The van der Waals surface area contributed by atoms with Crippen molar-refractivity contribution in [2.24, 2.45) is 0 Å². The van der Waals surface area contributed by atoms with E-state index in [1.54, 1.807) is 6.07 Å². The molecule has 1 amide bonds. The Bertz CT molecular complexity index is 621. The predicted molar refractivity (Wildman–Crippen MR) is 127 cm³/mol. The number of carbonyl (C=O) groups excluding carboxylic acids is 1. The molecule has 0 aliphatic carbocycles. The zero-order valence-electron chi connectivity index (χ0n) is 18.5. The molecule has 0 bridgehead atoms. The van der Waals surface area contributed by atoms with E-state index >= 15 is 0 Å². The molecule has 0 aromatic carbocycles. The number of aromatic nitrogens is 1. The molecule has 1 aromatic heterocycles. The minimum Gasteiger partial charge on any atom is -0.352 e. The molecule has 1 aliphatic heterocycles. The third-order valence-electron chi connectivity index (χ3n) is 5.87. The lowest BCUT2D eigenvalue weighted by Gasteiger charge is -2.32. The zero-order chi connectivity index (χ0) is 21.6. The first-order chi connectivity index (χ1) is 14.6. The van der Waals surface area contributed by atoms with E-state index in [4.69, 9.17) is 23.2 Å². The minimum atomic E-state index is -0.183. The maximum Gasteiger partial charge on any atom is 0.252 e. The third-order valence-corrected chi connectivity index (χ3v) is 6.64. The van der Waals surface area contributed by atoms with Gasteiger partial charge in [-0.2, -0.15) is 0 Å². The summed E-state index contributed by atoms with van der Waals surface area (Å²) in [6.07, 6.45) is 14.3. The van der Waals surface area contributed by atoms with E-state index in [-0.39, 0.29) is 16.1 Å². The number of halogens is 2. The van der Waals surface area contributed by atoms with Gasteiger partial charge in [-0.05, 0) is 32.5 Å². The van der Waals surface area contributed by atoms with Crippen molar-refractivity contribution in [1.29, 1.82) is 0 Å². The van der Waals surface area contributed by atoms with Crippen LogP contribution < -0.4 is 5.32 Å². The van der Waals surface area contributed by atoms with Crippen molar-refractivity contribution < 1.29 is 4.79 Å². The summed E-state index contributed by atoms with van der Waals surface area (Å²) in [6.45, 7) is 6.88. The molecule has 1 aliphatic rings. The maximum atomic E-state index is 12.1. The van der Waals surface area contributed by atoms with Gasteiger partial charge in [-0.1, -0.05) is 74.6 Å². The molecule has 1 aromatic rings. The Kier molecular flexibility index (Phi) is 12.7. The molecular formula is C23H38Cl2N4O. The van der Waals surface area contributed by atoms with Crippen LogP contribution in [0.2, 0.25) is 10.2 Å². The van der Waals surface area contributed by atoms with Crippen LogP contribution in [-0.2, 0) is 0 Å². The van der Waals surface area contributed by atoms with Crippen molar-refractivity contribution in [1.82, 2.24) is 20.1 Å². The van der Waals surface area contributed by atoms with Crippen molar-refractivity contribution >= 4 is 29.1 Å². The van der Waals surface area contributed by atoms with Crippen molar-refractivity contribution in [2.45, 2.75) is 64.2 Å². The fourth-order valence-electron chi connectivity index (χ4n) is 3.84. The lowest BCUT2D eigenvalue weighted by atomic mass is 10.1. The lowest BCUT2D eigenvalue weighted by molar-refractivity contribution is 0.0953. The van der Waals surface area contributed by atoms with Crippen LogP contribution in [0.4, 0.5) is 0 Å². The fourth-order valence-corrected chi connectivity index (χ4v) is 4.19. The highest BCUT2D eigenvalue weighted by Gasteiger charge is 2.13. The predicted octanol–water partition coefficient (Wildman–Crippen LogP) is 5.27. The molecule has 1 fully saturated rings. The van der Waals surface area contributed by atoms with Crippen molar-refractivity contribution in [3.63, 3.8) is 0 Å². The van der Waals surface area contributed by atoms with E-state index < -0.39 is 0 Å². The maximum absolute atomic E-state index is 12.1. The molecule has 0 unspecified atom stereocenters. The van der Waals surface area contributed by atoms with Gasteiger partial charge in [-0.25, -0.2) is 4.98 Å². The SMILES string of the molecule is CN1CCN(CCCCCCCCCCCCNC(=O)c2ccnc(Cl)c2Cl)CC1. The number of carbonyl (C=O) groups is 1. The van der Waals surface area contributed by atoms with Gasteiger partial charge in [0.2, 0.25) is 0 Å². The number of hydrogen-bond acceptors (Lipinski definition) is 4. The van der Waals surface area contributed by atoms with Gasteiger partial charge in [0.15, 0.2) is 0 Å². The third kappa shape index (κ3) is 9.95. The Morgan fingerprint density at radius 3 is 2.13 bits per heavy atom. The van der Waals surface area contributed by atoms with Crippen LogP contribution >= 0.6 is 23.2 Å². The Morgan fingerprint density at radius 2 is 1.50 bits per heavy atom. The number of amides is 1. The molecule has 170 valence electrons. The summed E-state index contributed by atoms with van der Waals surface area (Å²) < 4.78 is 0. The van der Waals surface area contributed by atoms with Crippen molar-refractivity contribution in [3.8, 4) is 0 Å². The Hall–Kier alpha value is -0.880. The molecule has 0 saturated carbocycles. The zero-order valence-corrected chi connectivity index (χ0v) is 20.0. The van der Waals surface area contributed by atoms with Crippen LogP contribution in [0.15, 0.2) is 12.3 Å². The molecule has 7 heteroatoms. The molecule has 1 saturated heterocycles. The van der Waals surface area contributed by atoms with Gasteiger partial charge in [0.05, 0.1) is 10.6 Å². The molecule has 2 heterocycles. The first kappa shape index (κ1) is 25.4. The summed E-state index contributed by atoms with van der Waals surface area (Å²) in [5.74, 6) is -0.183. The second-order valence-corrected chi connectivity index (χ2v) is 9.14. The largest absolute Gasteiger partial charge is 0.352 e. The monoisotopic (exact) mass is 456 g/mol. The first-order valence-corrected chi connectivity index (χ1v) is 12.3. The molecular weight excluding hydrogens is 419 g/mol. The molecule has 30 heavy (non-hydrogen) atoms. The van der Waals surface area contributed by atoms with Crippen LogP contribution in [0.5, 0.6) is 0 Å². The average molecular weight is 457 g/mol. The number of pyridine rings is 1. The van der Waals surface area contributed by atoms with Gasteiger partial charge < -0.3 is 15.1 Å². The van der Waals surface area contributed by atoms with E-state index in [0.717, 1.165) is 12.8 Å². The Balaban J connectivity index is 1.35. The summed E-state index contributed by atoms with van der Waals surface area (Å²) in [7, 11) is 2.21. The van der Waals surface area contributed by atoms with Gasteiger partial charge in [0.25, 0.3) is 5.91 Å². The van der Waals surface area contributed by atoms with Crippen LogP contribution in [0.1, 0.15) is 74.6 Å². The van der Waals surface area contributed by atoms with E-state index in [9.17, 15) is 4.79 Å². The Morgan fingerprint density at radius 1 is 0.933 bits per heavy atom. The van der Waals surface area contributed by atoms with E-state index in [0.29, 0.717) is 12.1 Å².